The SMILES string of the molecule is Cc1ccc(C(=O)NC2CC2)c(C2CCN(Cc3ccc[nH]3)CC2)n1. The predicted molar refractivity (Wildman–Crippen MR) is 97.5 cm³/mol. The molecule has 1 aliphatic carbocycles. The van der Waals surface area contributed by atoms with Crippen molar-refractivity contribution in [1.29, 1.82) is 0 Å². The summed E-state index contributed by atoms with van der Waals surface area (Å²) >= 11 is 0. The Labute approximate surface area is 148 Å². The number of aryl methyl sites for hydroxylation is 1. The molecule has 2 aliphatic rings. The zero-order chi connectivity index (χ0) is 17.2. The van der Waals surface area contributed by atoms with Crippen molar-refractivity contribution in [1.82, 2.24) is 20.2 Å². The van der Waals surface area contributed by atoms with Crippen LogP contribution in [0.15, 0.2) is 30.5 Å². The molecule has 3 heterocycles. The van der Waals surface area contributed by atoms with Crippen LogP contribution in [-0.4, -0.2) is 39.9 Å². The molecule has 0 unspecified atom stereocenters. The fraction of sp³-hybridized carbons (Fsp3) is 0.500. The molecule has 0 bridgehead atoms. The van der Waals surface area contributed by atoms with Crippen molar-refractivity contribution in [3.05, 3.63) is 53.1 Å². The van der Waals surface area contributed by atoms with Gasteiger partial charge in [-0.2, -0.15) is 0 Å². The van der Waals surface area contributed by atoms with Crippen molar-refractivity contribution >= 4 is 5.91 Å². The fourth-order valence-electron chi connectivity index (χ4n) is 3.64. The summed E-state index contributed by atoms with van der Waals surface area (Å²) in [5.74, 6) is 0.429. The second-order valence-corrected chi connectivity index (χ2v) is 7.38. The highest BCUT2D eigenvalue weighted by molar-refractivity contribution is 5.95. The van der Waals surface area contributed by atoms with Gasteiger partial charge in [-0.05, 0) is 70.0 Å². The average Bonchev–Trinajstić information content (AvgIpc) is 3.28. The minimum absolute atomic E-state index is 0.0545. The number of piperidine rings is 1. The lowest BCUT2D eigenvalue weighted by atomic mass is 9.89. The number of carbonyl (C=O) groups is 1. The van der Waals surface area contributed by atoms with Gasteiger partial charge in [-0.1, -0.05) is 0 Å². The largest absolute Gasteiger partial charge is 0.364 e. The van der Waals surface area contributed by atoms with Gasteiger partial charge in [0.05, 0.1) is 11.3 Å². The summed E-state index contributed by atoms with van der Waals surface area (Å²) in [6.45, 7) is 5.06. The summed E-state index contributed by atoms with van der Waals surface area (Å²) in [5, 5.41) is 3.11. The lowest BCUT2D eigenvalue weighted by Gasteiger charge is -2.32. The van der Waals surface area contributed by atoms with Crippen molar-refractivity contribution in [3.8, 4) is 0 Å². The molecule has 25 heavy (non-hydrogen) atoms. The van der Waals surface area contributed by atoms with E-state index in [1.807, 2.05) is 31.3 Å². The first kappa shape index (κ1) is 16.3. The molecule has 0 aromatic carbocycles. The molecule has 1 saturated carbocycles. The van der Waals surface area contributed by atoms with E-state index in [1.54, 1.807) is 0 Å². The van der Waals surface area contributed by atoms with E-state index in [0.29, 0.717) is 12.0 Å². The zero-order valence-corrected chi connectivity index (χ0v) is 14.8. The Bertz CT molecular complexity index is 728. The molecule has 5 heteroatoms. The standard InChI is InChI=1S/C20H26N4O/c1-14-4-7-18(20(25)23-16-5-6-16)19(22-14)15-8-11-24(12-9-15)13-17-3-2-10-21-17/h2-4,7,10,15-16,21H,5-6,8-9,11-13H2,1H3,(H,23,25). The van der Waals surface area contributed by atoms with Crippen LogP contribution in [0.3, 0.4) is 0 Å². The average molecular weight is 338 g/mol. The number of aromatic amines is 1. The van der Waals surface area contributed by atoms with E-state index in [1.165, 1.54) is 5.69 Å². The van der Waals surface area contributed by atoms with Gasteiger partial charge >= 0.3 is 0 Å². The topological polar surface area (TPSA) is 61.0 Å². The van der Waals surface area contributed by atoms with E-state index in [-0.39, 0.29) is 5.91 Å². The number of rotatable bonds is 5. The summed E-state index contributed by atoms with van der Waals surface area (Å²) in [6, 6.07) is 8.47. The first-order chi connectivity index (χ1) is 12.2. The second kappa shape index (κ2) is 7.00. The molecule has 2 aromatic heterocycles. The third-order valence-corrected chi connectivity index (χ3v) is 5.25. The maximum absolute atomic E-state index is 12.6. The molecule has 132 valence electrons. The van der Waals surface area contributed by atoms with E-state index in [0.717, 1.165) is 62.3 Å². The van der Waals surface area contributed by atoms with Gasteiger partial charge in [-0.25, -0.2) is 0 Å². The van der Waals surface area contributed by atoms with Gasteiger partial charge in [0.2, 0.25) is 0 Å². The number of aromatic nitrogens is 2. The maximum Gasteiger partial charge on any atom is 0.253 e. The number of amides is 1. The zero-order valence-electron chi connectivity index (χ0n) is 14.8. The normalized spacial score (nSPS) is 19.1. The quantitative estimate of drug-likeness (QED) is 0.881. The van der Waals surface area contributed by atoms with Gasteiger partial charge < -0.3 is 10.3 Å². The number of hydrogen-bond acceptors (Lipinski definition) is 3. The molecular formula is C20H26N4O. The van der Waals surface area contributed by atoms with Crippen LogP contribution in [0, 0.1) is 6.92 Å². The third kappa shape index (κ3) is 3.93. The molecule has 0 atom stereocenters. The predicted octanol–water partition coefficient (Wildman–Crippen LogP) is 2.99. The van der Waals surface area contributed by atoms with Crippen LogP contribution in [-0.2, 0) is 6.54 Å². The Morgan fingerprint density at radius 1 is 1.24 bits per heavy atom. The number of likely N-dealkylation sites (tertiary alicyclic amines) is 1. The van der Waals surface area contributed by atoms with Crippen LogP contribution in [0.4, 0.5) is 0 Å². The summed E-state index contributed by atoms with van der Waals surface area (Å²) in [7, 11) is 0. The van der Waals surface area contributed by atoms with E-state index < -0.39 is 0 Å². The van der Waals surface area contributed by atoms with Crippen LogP contribution >= 0.6 is 0 Å². The number of H-pyrrole nitrogens is 1. The molecule has 1 aliphatic heterocycles. The van der Waals surface area contributed by atoms with E-state index in [2.05, 4.69) is 21.3 Å². The van der Waals surface area contributed by atoms with Gasteiger partial charge in [0, 0.05) is 36.1 Å². The highest BCUT2D eigenvalue weighted by Gasteiger charge is 2.29. The Morgan fingerprint density at radius 3 is 2.72 bits per heavy atom. The maximum atomic E-state index is 12.6. The van der Waals surface area contributed by atoms with Gasteiger partial charge in [0.25, 0.3) is 5.91 Å². The number of carbonyl (C=O) groups excluding carboxylic acids is 1. The summed E-state index contributed by atoms with van der Waals surface area (Å²) in [4.78, 5) is 23.1. The summed E-state index contributed by atoms with van der Waals surface area (Å²) in [5.41, 5.74) is 4.03. The Morgan fingerprint density at radius 2 is 2.04 bits per heavy atom. The minimum atomic E-state index is 0.0545. The highest BCUT2D eigenvalue weighted by atomic mass is 16.1. The first-order valence-corrected chi connectivity index (χ1v) is 9.32. The van der Waals surface area contributed by atoms with Crippen LogP contribution in [0.25, 0.3) is 0 Å². The molecule has 5 nitrogen and oxygen atoms in total. The van der Waals surface area contributed by atoms with Crippen LogP contribution < -0.4 is 5.32 Å². The van der Waals surface area contributed by atoms with Gasteiger partial charge in [-0.3, -0.25) is 14.7 Å². The molecule has 1 amide bonds. The lowest BCUT2D eigenvalue weighted by Crippen LogP contribution is -2.34. The molecule has 2 N–H and O–H groups in total. The molecule has 4 rings (SSSR count). The molecule has 1 saturated heterocycles. The highest BCUT2D eigenvalue weighted by Crippen LogP contribution is 2.30. The first-order valence-electron chi connectivity index (χ1n) is 9.32. The van der Waals surface area contributed by atoms with Crippen LogP contribution in [0.1, 0.15) is 59.0 Å². The van der Waals surface area contributed by atoms with Crippen molar-refractivity contribution in [2.75, 3.05) is 13.1 Å². The summed E-state index contributed by atoms with van der Waals surface area (Å²) < 4.78 is 0. The monoisotopic (exact) mass is 338 g/mol. The molecule has 0 radical (unpaired) electrons. The smallest absolute Gasteiger partial charge is 0.253 e. The fourth-order valence-corrected chi connectivity index (χ4v) is 3.64. The van der Waals surface area contributed by atoms with Crippen LogP contribution in [0.5, 0.6) is 0 Å². The lowest BCUT2D eigenvalue weighted by molar-refractivity contribution is 0.0948. The van der Waals surface area contributed by atoms with Crippen molar-refractivity contribution in [3.63, 3.8) is 0 Å². The van der Waals surface area contributed by atoms with E-state index in [9.17, 15) is 4.79 Å². The van der Waals surface area contributed by atoms with E-state index in [4.69, 9.17) is 4.98 Å². The van der Waals surface area contributed by atoms with E-state index >= 15 is 0 Å². The third-order valence-electron chi connectivity index (χ3n) is 5.25. The molecule has 2 aromatic rings. The van der Waals surface area contributed by atoms with Gasteiger partial charge in [-0.15, -0.1) is 0 Å². The molecular weight excluding hydrogens is 312 g/mol. The Kier molecular flexibility index (Phi) is 4.57. The number of nitrogens with zero attached hydrogens (tertiary/aromatic N) is 2. The van der Waals surface area contributed by atoms with Gasteiger partial charge in [0.1, 0.15) is 0 Å². The number of nitrogens with one attached hydrogen (secondary N) is 2. The number of pyridine rings is 1. The Hall–Kier alpha value is -2.14. The summed E-state index contributed by atoms with van der Waals surface area (Å²) in [6.07, 6.45) is 6.31. The minimum Gasteiger partial charge on any atom is -0.364 e. The molecule has 0 spiro atoms. The van der Waals surface area contributed by atoms with Crippen molar-refractivity contribution in [2.24, 2.45) is 0 Å². The van der Waals surface area contributed by atoms with Gasteiger partial charge in [0.15, 0.2) is 0 Å². The van der Waals surface area contributed by atoms with Crippen LogP contribution in [0.2, 0.25) is 0 Å². The molecule has 2 fully saturated rings. The second-order valence-electron chi connectivity index (χ2n) is 7.38. The Balaban J connectivity index is 1.44. The van der Waals surface area contributed by atoms with Crippen molar-refractivity contribution in [2.45, 2.75) is 51.1 Å². The number of hydrogen-bond donors (Lipinski definition) is 2. The van der Waals surface area contributed by atoms with Crippen molar-refractivity contribution < 1.29 is 4.79 Å².